The molecule has 1 heterocycles. The average Bonchev–Trinajstić information content (AvgIpc) is 2.60. The van der Waals surface area contributed by atoms with Gasteiger partial charge in [-0.15, -0.1) is 0 Å². The number of fused-ring (bicyclic) bond motifs is 1. The van der Waals surface area contributed by atoms with Gasteiger partial charge in [0.15, 0.2) is 5.78 Å². The topological polar surface area (TPSA) is 109 Å². The summed E-state index contributed by atoms with van der Waals surface area (Å²) < 4.78 is 26.9. The SMILES string of the molecule is CC(=O)c1ccc(S(=O)(=O)NC(=O)[C@@H]2CC(=O)Nc3ccccc32)cc1. The summed E-state index contributed by atoms with van der Waals surface area (Å²) >= 11 is 0. The van der Waals surface area contributed by atoms with E-state index in [0.29, 0.717) is 16.8 Å². The molecule has 2 amide bonds. The minimum atomic E-state index is -4.11. The molecule has 0 aromatic heterocycles. The van der Waals surface area contributed by atoms with E-state index >= 15 is 0 Å². The highest BCUT2D eigenvalue weighted by atomic mass is 32.2. The minimum Gasteiger partial charge on any atom is -0.326 e. The lowest BCUT2D eigenvalue weighted by Gasteiger charge is -2.24. The lowest BCUT2D eigenvalue weighted by atomic mass is 9.90. The van der Waals surface area contributed by atoms with Crippen molar-refractivity contribution in [1.82, 2.24) is 4.72 Å². The first-order valence-corrected chi connectivity index (χ1v) is 9.32. The number of para-hydroxylation sites is 1. The zero-order valence-corrected chi connectivity index (χ0v) is 14.7. The molecule has 1 aliphatic rings. The molecule has 134 valence electrons. The van der Waals surface area contributed by atoms with Gasteiger partial charge in [-0.05, 0) is 30.7 Å². The number of amides is 2. The quantitative estimate of drug-likeness (QED) is 0.796. The highest BCUT2D eigenvalue weighted by Crippen LogP contribution is 2.32. The monoisotopic (exact) mass is 372 g/mol. The van der Waals surface area contributed by atoms with Crippen LogP contribution in [0.4, 0.5) is 5.69 Å². The number of hydrogen-bond acceptors (Lipinski definition) is 5. The van der Waals surface area contributed by atoms with Crippen LogP contribution in [0.2, 0.25) is 0 Å². The van der Waals surface area contributed by atoms with Crippen LogP contribution >= 0.6 is 0 Å². The van der Waals surface area contributed by atoms with Crippen molar-refractivity contribution < 1.29 is 22.8 Å². The third kappa shape index (κ3) is 3.50. The second kappa shape index (κ2) is 6.72. The maximum absolute atomic E-state index is 12.5. The van der Waals surface area contributed by atoms with Gasteiger partial charge in [0.05, 0.1) is 10.8 Å². The molecule has 0 saturated heterocycles. The Morgan fingerprint density at radius 2 is 1.73 bits per heavy atom. The lowest BCUT2D eigenvalue weighted by Crippen LogP contribution is -2.38. The molecule has 0 spiro atoms. The summed E-state index contributed by atoms with van der Waals surface area (Å²) in [5.41, 5.74) is 1.42. The first kappa shape index (κ1) is 17.8. The number of rotatable bonds is 4. The summed E-state index contributed by atoms with van der Waals surface area (Å²) in [5, 5.41) is 2.66. The van der Waals surface area contributed by atoms with Gasteiger partial charge in [0, 0.05) is 17.7 Å². The normalized spacial score (nSPS) is 16.3. The molecule has 0 bridgehead atoms. The number of Topliss-reactive ketones (excluding diaryl/α,β-unsaturated/α-hetero) is 1. The maximum Gasteiger partial charge on any atom is 0.264 e. The van der Waals surface area contributed by atoms with Gasteiger partial charge in [0.1, 0.15) is 0 Å². The van der Waals surface area contributed by atoms with Crippen molar-refractivity contribution in [1.29, 1.82) is 0 Å². The molecule has 2 aromatic carbocycles. The van der Waals surface area contributed by atoms with E-state index in [1.165, 1.54) is 31.2 Å². The standard InChI is InChI=1S/C18H16N2O5S/c1-11(21)12-6-8-13(9-7-12)26(24,25)20-18(23)15-10-17(22)19-16-5-3-2-4-14(15)16/h2-9,15H,10H2,1H3,(H,19,22)(H,20,23)/t15-/m1/s1. The van der Waals surface area contributed by atoms with Crippen molar-refractivity contribution in [2.24, 2.45) is 0 Å². The van der Waals surface area contributed by atoms with Gasteiger partial charge in [-0.2, -0.15) is 0 Å². The zero-order chi connectivity index (χ0) is 18.9. The second-order valence-corrected chi connectivity index (χ2v) is 7.62. The van der Waals surface area contributed by atoms with E-state index in [1.54, 1.807) is 24.3 Å². The smallest absolute Gasteiger partial charge is 0.264 e. The number of carbonyl (C=O) groups is 3. The van der Waals surface area contributed by atoms with Gasteiger partial charge in [0.25, 0.3) is 10.0 Å². The predicted octanol–water partition coefficient (Wildman–Crippen LogP) is 1.82. The molecule has 26 heavy (non-hydrogen) atoms. The Bertz CT molecular complexity index is 996. The number of hydrogen-bond donors (Lipinski definition) is 2. The molecule has 8 heteroatoms. The van der Waals surface area contributed by atoms with Crippen LogP contribution in [0.15, 0.2) is 53.4 Å². The molecule has 0 aliphatic carbocycles. The van der Waals surface area contributed by atoms with Crippen molar-refractivity contribution >= 4 is 33.3 Å². The Kier molecular flexibility index (Phi) is 4.60. The number of ketones is 1. The largest absolute Gasteiger partial charge is 0.326 e. The lowest BCUT2D eigenvalue weighted by molar-refractivity contribution is -0.125. The molecule has 0 saturated carbocycles. The van der Waals surface area contributed by atoms with E-state index in [-0.39, 0.29) is 23.0 Å². The number of anilines is 1. The van der Waals surface area contributed by atoms with Crippen LogP contribution in [0.3, 0.4) is 0 Å². The Labute approximate surface area is 150 Å². The van der Waals surface area contributed by atoms with Crippen molar-refractivity contribution in [3.8, 4) is 0 Å². The Balaban J connectivity index is 1.85. The Morgan fingerprint density at radius 3 is 2.38 bits per heavy atom. The summed E-state index contributed by atoms with van der Waals surface area (Å²) in [6.07, 6.45) is -0.137. The Morgan fingerprint density at radius 1 is 1.08 bits per heavy atom. The van der Waals surface area contributed by atoms with Crippen molar-refractivity contribution in [2.75, 3.05) is 5.32 Å². The highest BCUT2D eigenvalue weighted by Gasteiger charge is 2.32. The van der Waals surface area contributed by atoms with Gasteiger partial charge in [-0.25, -0.2) is 13.1 Å². The molecule has 0 radical (unpaired) electrons. The second-order valence-electron chi connectivity index (χ2n) is 5.94. The molecule has 0 fully saturated rings. The number of nitrogens with one attached hydrogen (secondary N) is 2. The van der Waals surface area contributed by atoms with Crippen LogP contribution < -0.4 is 10.0 Å². The molecule has 7 nitrogen and oxygen atoms in total. The van der Waals surface area contributed by atoms with E-state index in [9.17, 15) is 22.8 Å². The molecule has 2 N–H and O–H groups in total. The number of sulfonamides is 1. The van der Waals surface area contributed by atoms with E-state index in [0.717, 1.165) is 0 Å². The van der Waals surface area contributed by atoms with Crippen molar-refractivity contribution in [2.45, 2.75) is 24.2 Å². The molecule has 3 rings (SSSR count). The van der Waals surface area contributed by atoms with Gasteiger partial charge in [0.2, 0.25) is 11.8 Å². The summed E-state index contributed by atoms with van der Waals surface area (Å²) in [4.78, 5) is 35.5. The molecule has 0 unspecified atom stereocenters. The van der Waals surface area contributed by atoms with Crippen LogP contribution in [-0.4, -0.2) is 26.0 Å². The predicted molar refractivity (Wildman–Crippen MR) is 94.2 cm³/mol. The summed E-state index contributed by atoms with van der Waals surface area (Å²) in [7, 11) is -4.11. The zero-order valence-electron chi connectivity index (χ0n) is 13.9. The van der Waals surface area contributed by atoms with E-state index < -0.39 is 21.8 Å². The van der Waals surface area contributed by atoms with Crippen molar-refractivity contribution in [3.63, 3.8) is 0 Å². The highest BCUT2D eigenvalue weighted by molar-refractivity contribution is 7.90. The maximum atomic E-state index is 12.5. The van der Waals surface area contributed by atoms with Crippen LogP contribution in [0.25, 0.3) is 0 Å². The average molecular weight is 372 g/mol. The third-order valence-corrected chi connectivity index (χ3v) is 5.49. The summed E-state index contributed by atoms with van der Waals surface area (Å²) in [6.45, 7) is 1.37. The third-order valence-electron chi connectivity index (χ3n) is 4.12. The first-order valence-electron chi connectivity index (χ1n) is 7.84. The van der Waals surface area contributed by atoms with Gasteiger partial charge < -0.3 is 5.32 Å². The fourth-order valence-electron chi connectivity index (χ4n) is 2.78. The fraction of sp³-hybridized carbons (Fsp3) is 0.167. The molecule has 1 atom stereocenters. The molecule has 2 aromatic rings. The first-order chi connectivity index (χ1) is 12.3. The summed E-state index contributed by atoms with van der Waals surface area (Å²) in [6, 6.07) is 12.0. The molecule has 1 aliphatic heterocycles. The minimum absolute atomic E-state index is 0.135. The van der Waals surface area contributed by atoms with Gasteiger partial charge >= 0.3 is 0 Å². The van der Waals surface area contributed by atoms with E-state index in [4.69, 9.17) is 0 Å². The molecular weight excluding hydrogens is 356 g/mol. The number of benzene rings is 2. The summed E-state index contributed by atoms with van der Waals surface area (Å²) in [5.74, 6) is -2.22. The van der Waals surface area contributed by atoms with Crippen LogP contribution in [-0.2, 0) is 19.6 Å². The van der Waals surface area contributed by atoms with Gasteiger partial charge in [-0.1, -0.05) is 30.3 Å². The van der Waals surface area contributed by atoms with Gasteiger partial charge in [-0.3, -0.25) is 14.4 Å². The Hall–Kier alpha value is -3.00. The molecular formula is C18H16N2O5S. The van der Waals surface area contributed by atoms with Crippen LogP contribution in [0, 0.1) is 0 Å². The van der Waals surface area contributed by atoms with E-state index in [1.807, 2.05) is 4.72 Å². The van der Waals surface area contributed by atoms with Crippen molar-refractivity contribution in [3.05, 3.63) is 59.7 Å². The van der Waals surface area contributed by atoms with Crippen LogP contribution in [0.1, 0.15) is 35.2 Å². The fourth-order valence-corrected chi connectivity index (χ4v) is 3.80. The van der Waals surface area contributed by atoms with Crippen LogP contribution in [0.5, 0.6) is 0 Å². The number of carbonyl (C=O) groups excluding carboxylic acids is 3. The van der Waals surface area contributed by atoms with E-state index in [2.05, 4.69) is 5.32 Å².